The van der Waals surface area contributed by atoms with Gasteiger partial charge in [-0.2, -0.15) is 0 Å². The van der Waals surface area contributed by atoms with Gasteiger partial charge < -0.3 is 10.2 Å². The van der Waals surface area contributed by atoms with Crippen LogP contribution >= 0.6 is 0 Å². The molecule has 1 unspecified atom stereocenters. The molecule has 2 aromatic rings. The Balaban J connectivity index is 1.91. The van der Waals surface area contributed by atoms with Crippen LogP contribution in [0, 0.1) is 0 Å². The summed E-state index contributed by atoms with van der Waals surface area (Å²) >= 11 is 0. The van der Waals surface area contributed by atoms with Crippen molar-refractivity contribution < 1.29 is 16.8 Å². The highest BCUT2D eigenvalue weighted by atomic mass is 32.2. The predicted molar refractivity (Wildman–Crippen MR) is 114 cm³/mol. The van der Waals surface area contributed by atoms with Crippen LogP contribution in [0.15, 0.2) is 58.3 Å². The fourth-order valence-electron chi connectivity index (χ4n) is 3.77. The minimum Gasteiger partial charge on any atom is -0.311 e. The van der Waals surface area contributed by atoms with Gasteiger partial charge in [-0.05, 0) is 42.4 Å². The zero-order valence-electron chi connectivity index (χ0n) is 16.8. The van der Waals surface area contributed by atoms with Gasteiger partial charge in [0.25, 0.3) is 0 Å². The molecule has 8 heteroatoms. The number of likely N-dealkylation sites (N-methyl/N-ethyl adjacent to an activating group) is 1. The first-order chi connectivity index (χ1) is 13.8. The summed E-state index contributed by atoms with van der Waals surface area (Å²) in [4.78, 5) is 2.58. The van der Waals surface area contributed by atoms with Gasteiger partial charge in [0.15, 0.2) is 19.7 Å². The predicted octanol–water partition coefficient (Wildman–Crippen LogP) is 2.42. The van der Waals surface area contributed by atoms with Crippen molar-refractivity contribution in [2.45, 2.75) is 35.4 Å². The van der Waals surface area contributed by atoms with E-state index in [0.717, 1.165) is 31.7 Å². The average molecular weight is 437 g/mol. The first kappa shape index (κ1) is 22.0. The Hall–Kier alpha value is -1.74. The highest BCUT2D eigenvalue weighted by Gasteiger charge is 2.44. The van der Waals surface area contributed by atoms with Gasteiger partial charge in [-0.15, -0.1) is 0 Å². The van der Waals surface area contributed by atoms with Crippen LogP contribution in [0.4, 0.5) is 0 Å². The number of fused-ring (bicyclic) bond motifs is 1. The Bertz CT molecular complexity index is 1050. The summed E-state index contributed by atoms with van der Waals surface area (Å²) in [6, 6.07) is 13.1. The molecule has 1 aliphatic heterocycles. The molecule has 0 bridgehead atoms. The van der Waals surface area contributed by atoms with Gasteiger partial charge in [0.05, 0.1) is 15.5 Å². The second-order valence-electron chi connectivity index (χ2n) is 7.16. The molecular formula is C21H28N2O4S2. The summed E-state index contributed by atoms with van der Waals surface area (Å²) in [6.07, 6.45) is 0. The number of sulfone groups is 2. The van der Waals surface area contributed by atoms with Gasteiger partial charge in [0.2, 0.25) is 0 Å². The lowest BCUT2D eigenvalue weighted by Gasteiger charge is -2.19. The maximum atomic E-state index is 13.2. The van der Waals surface area contributed by atoms with Crippen LogP contribution in [0.3, 0.4) is 0 Å². The first-order valence-electron chi connectivity index (χ1n) is 9.87. The molecular weight excluding hydrogens is 408 g/mol. The van der Waals surface area contributed by atoms with Crippen molar-refractivity contribution in [1.29, 1.82) is 0 Å². The summed E-state index contributed by atoms with van der Waals surface area (Å²) in [5, 5.41) is 2.26. The van der Waals surface area contributed by atoms with Gasteiger partial charge in [-0.25, -0.2) is 16.8 Å². The van der Waals surface area contributed by atoms with Crippen molar-refractivity contribution in [2.75, 3.05) is 31.9 Å². The van der Waals surface area contributed by atoms with E-state index in [9.17, 15) is 16.8 Å². The molecule has 2 aromatic carbocycles. The lowest BCUT2D eigenvalue weighted by atomic mass is 10.1. The molecule has 0 saturated carbocycles. The van der Waals surface area contributed by atoms with Crippen LogP contribution in [0.5, 0.6) is 0 Å². The average Bonchev–Trinajstić information content (AvgIpc) is 3.01. The van der Waals surface area contributed by atoms with Gasteiger partial charge in [-0.1, -0.05) is 44.2 Å². The Morgan fingerprint density at radius 3 is 2.38 bits per heavy atom. The summed E-state index contributed by atoms with van der Waals surface area (Å²) in [7, 11) is -7.45. The van der Waals surface area contributed by atoms with Crippen molar-refractivity contribution in [3.8, 4) is 0 Å². The molecule has 0 spiro atoms. The SMILES string of the molecule is CCN(CC)CCNCc1cccc2c1C(S(=O)(=O)c1ccccc1)CS2(=O)=O. The van der Waals surface area contributed by atoms with E-state index in [1.165, 1.54) is 18.2 Å². The summed E-state index contributed by atoms with van der Waals surface area (Å²) in [5.41, 5.74) is 1.15. The Labute approximate surface area is 173 Å². The normalized spacial score (nSPS) is 18.1. The van der Waals surface area contributed by atoms with Crippen LogP contribution in [0.1, 0.15) is 30.2 Å². The van der Waals surface area contributed by atoms with E-state index >= 15 is 0 Å². The maximum Gasteiger partial charge on any atom is 0.186 e. The minimum absolute atomic E-state index is 0.144. The fourth-order valence-corrected chi connectivity index (χ4v) is 8.19. The highest BCUT2D eigenvalue weighted by molar-refractivity contribution is 7.96. The van der Waals surface area contributed by atoms with E-state index in [1.807, 2.05) is 6.07 Å². The third-order valence-corrected chi connectivity index (χ3v) is 9.54. The smallest absolute Gasteiger partial charge is 0.186 e. The van der Waals surface area contributed by atoms with Crippen molar-refractivity contribution in [1.82, 2.24) is 10.2 Å². The number of nitrogens with one attached hydrogen (secondary N) is 1. The quantitative estimate of drug-likeness (QED) is 0.608. The molecule has 0 radical (unpaired) electrons. The summed E-state index contributed by atoms with van der Waals surface area (Å²) in [5.74, 6) is -0.407. The second kappa shape index (κ2) is 8.95. The minimum atomic E-state index is -3.81. The Kier molecular flexibility index (Phi) is 6.78. The van der Waals surface area contributed by atoms with Crippen LogP contribution < -0.4 is 5.32 Å². The molecule has 158 valence electrons. The lowest BCUT2D eigenvalue weighted by Crippen LogP contribution is -2.31. The van der Waals surface area contributed by atoms with E-state index in [4.69, 9.17) is 0 Å². The molecule has 6 nitrogen and oxygen atoms in total. The number of rotatable bonds is 9. The van der Waals surface area contributed by atoms with E-state index in [0.29, 0.717) is 12.1 Å². The first-order valence-corrected chi connectivity index (χ1v) is 13.1. The third kappa shape index (κ3) is 4.55. The van der Waals surface area contributed by atoms with Gasteiger partial charge in [0, 0.05) is 19.6 Å². The standard InChI is InChI=1S/C21H28N2O4S2/c1-3-23(4-2)14-13-22-15-17-9-8-12-19-21(17)20(16-28(19,24)25)29(26,27)18-10-6-5-7-11-18/h5-12,20,22H,3-4,13-16H2,1-2H3. The zero-order valence-corrected chi connectivity index (χ0v) is 18.5. The molecule has 1 aliphatic rings. The van der Waals surface area contributed by atoms with Gasteiger partial charge in [-0.3, -0.25) is 0 Å². The highest BCUT2D eigenvalue weighted by Crippen LogP contribution is 2.42. The molecule has 0 aliphatic carbocycles. The number of hydrogen-bond donors (Lipinski definition) is 1. The topological polar surface area (TPSA) is 83.6 Å². The molecule has 1 atom stereocenters. The molecule has 0 amide bonds. The van der Waals surface area contributed by atoms with Crippen LogP contribution in [-0.2, 0) is 26.2 Å². The lowest BCUT2D eigenvalue weighted by molar-refractivity contribution is 0.302. The molecule has 0 fully saturated rings. The maximum absolute atomic E-state index is 13.2. The van der Waals surface area contributed by atoms with E-state index < -0.39 is 30.7 Å². The molecule has 0 saturated heterocycles. The van der Waals surface area contributed by atoms with Crippen molar-refractivity contribution in [3.63, 3.8) is 0 Å². The van der Waals surface area contributed by atoms with Crippen LogP contribution in [0.2, 0.25) is 0 Å². The third-order valence-electron chi connectivity index (χ3n) is 5.45. The summed E-state index contributed by atoms with van der Waals surface area (Å²) < 4.78 is 51.9. The van der Waals surface area contributed by atoms with Crippen molar-refractivity contribution >= 4 is 19.7 Å². The monoisotopic (exact) mass is 436 g/mol. The van der Waals surface area contributed by atoms with Gasteiger partial charge >= 0.3 is 0 Å². The number of hydrogen-bond acceptors (Lipinski definition) is 6. The van der Waals surface area contributed by atoms with E-state index in [2.05, 4.69) is 24.1 Å². The molecule has 1 N–H and O–H groups in total. The number of benzene rings is 2. The van der Waals surface area contributed by atoms with E-state index in [1.54, 1.807) is 24.3 Å². The van der Waals surface area contributed by atoms with Crippen molar-refractivity contribution in [3.05, 3.63) is 59.7 Å². The van der Waals surface area contributed by atoms with Gasteiger partial charge in [0.1, 0.15) is 5.25 Å². The fraction of sp³-hybridized carbons (Fsp3) is 0.429. The second-order valence-corrected chi connectivity index (χ2v) is 11.3. The molecule has 3 rings (SSSR count). The van der Waals surface area contributed by atoms with E-state index in [-0.39, 0.29) is 9.79 Å². The Morgan fingerprint density at radius 2 is 1.72 bits per heavy atom. The molecule has 1 heterocycles. The van der Waals surface area contributed by atoms with Crippen molar-refractivity contribution in [2.24, 2.45) is 0 Å². The van der Waals surface area contributed by atoms with Crippen LogP contribution in [0.25, 0.3) is 0 Å². The molecule has 0 aromatic heterocycles. The summed E-state index contributed by atoms with van der Waals surface area (Å²) in [6.45, 7) is 8.21. The zero-order chi connectivity index (χ0) is 21.1. The Morgan fingerprint density at radius 1 is 1.03 bits per heavy atom. The molecule has 29 heavy (non-hydrogen) atoms. The number of nitrogens with zero attached hydrogens (tertiary/aromatic N) is 1. The largest absolute Gasteiger partial charge is 0.311 e. The van der Waals surface area contributed by atoms with Crippen LogP contribution in [-0.4, -0.2) is 53.7 Å².